The van der Waals surface area contributed by atoms with Crippen LogP contribution in [0.3, 0.4) is 0 Å². The van der Waals surface area contributed by atoms with Crippen molar-refractivity contribution < 1.29 is 19.1 Å². The number of methoxy groups -OCH3 is 1. The van der Waals surface area contributed by atoms with E-state index in [0.717, 1.165) is 19.3 Å². The van der Waals surface area contributed by atoms with E-state index in [9.17, 15) is 9.59 Å². The molecule has 1 amide bonds. The number of esters is 1. The third-order valence-corrected chi connectivity index (χ3v) is 5.65. The van der Waals surface area contributed by atoms with Crippen molar-refractivity contribution in [2.24, 2.45) is 5.92 Å². The SMILES string of the molecule is CCOC(=O)C1(NC(=O)C(Cl)c2ccc(OC)cc2)CCC(CC)CC1. The third-order valence-electron chi connectivity index (χ3n) is 5.20. The normalized spacial score (nSPS) is 23.8. The zero-order valence-corrected chi connectivity index (χ0v) is 16.5. The van der Waals surface area contributed by atoms with E-state index in [1.165, 1.54) is 0 Å². The van der Waals surface area contributed by atoms with E-state index < -0.39 is 10.9 Å². The molecule has 0 saturated heterocycles. The fourth-order valence-electron chi connectivity index (χ4n) is 3.45. The maximum atomic E-state index is 12.7. The van der Waals surface area contributed by atoms with Crippen LogP contribution in [0, 0.1) is 5.92 Å². The number of nitrogens with one attached hydrogen (secondary N) is 1. The minimum absolute atomic E-state index is 0.288. The molecule has 1 aromatic carbocycles. The molecule has 1 fully saturated rings. The molecule has 26 heavy (non-hydrogen) atoms. The monoisotopic (exact) mass is 381 g/mol. The Balaban J connectivity index is 2.13. The summed E-state index contributed by atoms with van der Waals surface area (Å²) < 4.78 is 10.4. The van der Waals surface area contributed by atoms with E-state index in [2.05, 4.69) is 12.2 Å². The van der Waals surface area contributed by atoms with Crippen molar-refractivity contribution in [3.63, 3.8) is 0 Å². The molecule has 5 nitrogen and oxygen atoms in total. The molecular weight excluding hydrogens is 354 g/mol. The molecule has 6 heteroatoms. The molecule has 2 rings (SSSR count). The second-order valence-electron chi connectivity index (χ2n) is 6.78. The zero-order chi connectivity index (χ0) is 19.2. The van der Waals surface area contributed by atoms with Crippen LogP contribution in [0.4, 0.5) is 0 Å². The minimum atomic E-state index is -0.974. The maximum Gasteiger partial charge on any atom is 0.331 e. The largest absolute Gasteiger partial charge is 0.497 e. The van der Waals surface area contributed by atoms with Crippen LogP contribution in [0.15, 0.2) is 24.3 Å². The first-order chi connectivity index (χ1) is 12.5. The summed E-state index contributed by atoms with van der Waals surface area (Å²) in [6, 6.07) is 7.01. The van der Waals surface area contributed by atoms with Gasteiger partial charge in [-0.1, -0.05) is 25.5 Å². The van der Waals surface area contributed by atoms with Crippen molar-refractivity contribution in [3.8, 4) is 5.75 Å². The molecule has 0 radical (unpaired) electrons. The van der Waals surface area contributed by atoms with Crippen molar-refractivity contribution in [1.82, 2.24) is 5.32 Å². The van der Waals surface area contributed by atoms with Gasteiger partial charge in [-0.15, -0.1) is 11.6 Å². The first kappa shape index (κ1) is 20.6. The molecule has 1 aromatic rings. The lowest BCUT2D eigenvalue weighted by atomic mass is 9.75. The number of carbonyl (C=O) groups is 2. The van der Waals surface area contributed by atoms with Crippen LogP contribution in [0.2, 0.25) is 0 Å². The Kier molecular flexibility index (Phi) is 7.33. The number of carbonyl (C=O) groups excluding carboxylic acids is 2. The lowest BCUT2D eigenvalue weighted by Gasteiger charge is -2.38. The molecule has 1 saturated carbocycles. The van der Waals surface area contributed by atoms with Crippen molar-refractivity contribution in [2.75, 3.05) is 13.7 Å². The molecule has 1 aliphatic rings. The van der Waals surface area contributed by atoms with E-state index in [1.807, 2.05) is 0 Å². The Bertz CT molecular complexity index is 609. The molecule has 0 spiro atoms. The number of ether oxygens (including phenoxy) is 2. The zero-order valence-electron chi connectivity index (χ0n) is 15.7. The average molecular weight is 382 g/mol. The van der Waals surface area contributed by atoms with E-state index in [4.69, 9.17) is 21.1 Å². The lowest BCUT2D eigenvalue weighted by Crippen LogP contribution is -2.57. The van der Waals surface area contributed by atoms with E-state index in [-0.39, 0.29) is 18.5 Å². The predicted octanol–water partition coefficient (Wildman–Crippen LogP) is 3.99. The van der Waals surface area contributed by atoms with Gasteiger partial charge >= 0.3 is 5.97 Å². The Morgan fingerprint density at radius 1 is 1.23 bits per heavy atom. The van der Waals surface area contributed by atoms with Gasteiger partial charge in [-0.25, -0.2) is 4.79 Å². The van der Waals surface area contributed by atoms with Gasteiger partial charge in [0.25, 0.3) is 0 Å². The van der Waals surface area contributed by atoms with Gasteiger partial charge in [0.15, 0.2) is 0 Å². The van der Waals surface area contributed by atoms with Crippen molar-refractivity contribution in [1.29, 1.82) is 0 Å². The van der Waals surface area contributed by atoms with Crippen molar-refractivity contribution >= 4 is 23.5 Å². The summed E-state index contributed by atoms with van der Waals surface area (Å²) in [6.45, 7) is 4.21. The van der Waals surface area contributed by atoms with Gasteiger partial charge in [0.2, 0.25) is 5.91 Å². The highest BCUT2D eigenvalue weighted by Crippen LogP contribution is 2.36. The summed E-state index contributed by atoms with van der Waals surface area (Å²) in [4.78, 5) is 25.3. The Morgan fingerprint density at radius 2 is 1.85 bits per heavy atom. The summed E-state index contributed by atoms with van der Waals surface area (Å²) in [5, 5.41) is 2.03. The van der Waals surface area contributed by atoms with Gasteiger partial charge < -0.3 is 14.8 Å². The van der Waals surface area contributed by atoms with Gasteiger partial charge in [-0.3, -0.25) is 4.79 Å². The number of hydrogen-bond acceptors (Lipinski definition) is 4. The summed E-state index contributed by atoms with van der Waals surface area (Å²) in [5.74, 6) is 0.545. The Labute approximate surface area is 160 Å². The van der Waals surface area contributed by atoms with Crippen LogP contribution in [-0.4, -0.2) is 31.1 Å². The van der Waals surface area contributed by atoms with Crippen LogP contribution in [0.1, 0.15) is 56.9 Å². The predicted molar refractivity (Wildman–Crippen MR) is 101 cm³/mol. The van der Waals surface area contributed by atoms with Crippen LogP contribution < -0.4 is 10.1 Å². The van der Waals surface area contributed by atoms with E-state index in [1.54, 1.807) is 38.3 Å². The number of benzene rings is 1. The van der Waals surface area contributed by atoms with E-state index >= 15 is 0 Å². The quantitative estimate of drug-likeness (QED) is 0.572. The number of hydrogen-bond donors (Lipinski definition) is 1. The van der Waals surface area contributed by atoms with Crippen LogP contribution in [-0.2, 0) is 14.3 Å². The summed E-state index contributed by atoms with van der Waals surface area (Å²) in [7, 11) is 1.58. The molecule has 1 N–H and O–H groups in total. The summed E-state index contributed by atoms with van der Waals surface area (Å²) >= 11 is 6.37. The smallest absolute Gasteiger partial charge is 0.331 e. The number of alkyl halides is 1. The molecule has 144 valence electrons. The molecule has 0 aromatic heterocycles. The fourth-order valence-corrected chi connectivity index (χ4v) is 3.65. The van der Waals surface area contributed by atoms with Gasteiger partial charge in [0.05, 0.1) is 13.7 Å². The summed E-state index contributed by atoms with van der Waals surface area (Å²) in [5.41, 5.74) is -0.315. The molecule has 0 heterocycles. The Hall–Kier alpha value is -1.75. The molecule has 0 bridgehead atoms. The standard InChI is InChI=1S/C20H28ClNO4/c1-4-14-10-12-20(13-11-14,19(24)26-5-2)22-18(23)17(21)15-6-8-16(25-3)9-7-15/h6-9,14,17H,4-5,10-13H2,1-3H3,(H,22,23). The van der Waals surface area contributed by atoms with Gasteiger partial charge in [-0.05, 0) is 56.2 Å². The fraction of sp³-hybridized carbons (Fsp3) is 0.600. The third kappa shape index (κ3) is 4.70. The van der Waals surface area contributed by atoms with Gasteiger partial charge in [0.1, 0.15) is 16.7 Å². The first-order valence-electron chi connectivity index (χ1n) is 9.23. The molecule has 1 aliphatic carbocycles. The number of halogens is 1. The highest BCUT2D eigenvalue weighted by Gasteiger charge is 2.44. The molecule has 1 atom stereocenters. The Morgan fingerprint density at radius 3 is 2.35 bits per heavy atom. The first-order valence-corrected chi connectivity index (χ1v) is 9.66. The second kappa shape index (κ2) is 9.26. The summed E-state index contributed by atoms with van der Waals surface area (Å²) in [6.07, 6.45) is 4.04. The highest BCUT2D eigenvalue weighted by molar-refractivity contribution is 6.31. The number of amides is 1. The maximum absolute atomic E-state index is 12.7. The molecular formula is C20H28ClNO4. The topological polar surface area (TPSA) is 64.6 Å². The second-order valence-corrected chi connectivity index (χ2v) is 7.22. The lowest BCUT2D eigenvalue weighted by molar-refractivity contribution is -0.155. The minimum Gasteiger partial charge on any atom is -0.497 e. The average Bonchev–Trinajstić information content (AvgIpc) is 2.68. The highest BCUT2D eigenvalue weighted by atomic mass is 35.5. The van der Waals surface area contributed by atoms with E-state index in [0.29, 0.717) is 30.1 Å². The van der Waals surface area contributed by atoms with Gasteiger partial charge in [-0.2, -0.15) is 0 Å². The molecule has 1 unspecified atom stereocenters. The van der Waals surface area contributed by atoms with Crippen LogP contribution in [0.5, 0.6) is 5.75 Å². The van der Waals surface area contributed by atoms with Gasteiger partial charge in [0, 0.05) is 0 Å². The van der Waals surface area contributed by atoms with Crippen LogP contribution in [0.25, 0.3) is 0 Å². The van der Waals surface area contributed by atoms with Crippen molar-refractivity contribution in [2.45, 2.75) is 56.9 Å². The van der Waals surface area contributed by atoms with Crippen molar-refractivity contribution in [3.05, 3.63) is 29.8 Å². The number of rotatable bonds is 7. The van der Waals surface area contributed by atoms with Crippen LogP contribution >= 0.6 is 11.6 Å². The molecule has 0 aliphatic heterocycles.